The van der Waals surface area contributed by atoms with Crippen molar-refractivity contribution in [3.8, 4) is 16.3 Å². The predicted octanol–water partition coefficient (Wildman–Crippen LogP) is 6.21. The monoisotopic (exact) mass is 416 g/mol. The number of fused-ring (bicyclic) bond motifs is 1. The number of nitrogens with one attached hydrogen (secondary N) is 1. The molecule has 1 N–H and O–H groups in total. The van der Waals surface area contributed by atoms with Gasteiger partial charge in [-0.25, -0.2) is 4.98 Å². The number of hydrogen-bond acceptors (Lipinski definition) is 4. The number of amides is 1. The van der Waals surface area contributed by atoms with E-state index >= 15 is 0 Å². The van der Waals surface area contributed by atoms with Gasteiger partial charge in [-0.15, -0.1) is 11.3 Å². The van der Waals surface area contributed by atoms with Crippen LogP contribution in [0.25, 0.3) is 20.8 Å². The Bertz CT molecular complexity index is 1230. The molecule has 1 heterocycles. The summed E-state index contributed by atoms with van der Waals surface area (Å²) in [6.45, 7) is 8.13. The molecule has 4 aromatic rings. The van der Waals surface area contributed by atoms with Crippen LogP contribution in [0.1, 0.15) is 22.3 Å². The van der Waals surface area contributed by atoms with Gasteiger partial charge in [0.15, 0.2) is 6.61 Å². The number of carbonyl (C=O) groups is 1. The Morgan fingerprint density at radius 3 is 2.50 bits per heavy atom. The fourth-order valence-corrected chi connectivity index (χ4v) is 4.41. The Labute approximate surface area is 180 Å². The van der Waals surface area contributed by atoms with Gasteiger partial charge in [-0.05, 0) is 92.4 Å². The van der Waals surface area contributed by atoms with E-state index in [0.717, 1.165) is 44.2 Å². The molecule has 0 bridgehead atoms. The molecule has 0 fully saturated rings. The summed E-state index contributed by atoms with van der Waals surface area (Å²) in [6, 6.07) is 18.1. The van der Waals surface area contributed by atoms with E-state index in [1.54, 1.807) is 11.3 Å². The van der Waals surface area contributed by atoms with Crippen molar-refractivity contribution in [3.63, 3.8) is 0 Å². The lowest BCUT2D eigenvalue weighted by atomic mass is 10.1. The van der Waals surface area contributed by atoms with Gasteiger partial charge in [0, 0.05) is 11.3 Å². The van der Waals surface area contributed by atoms with Gasteiger partial charge in [0.25, 0.3) is 5.91 Å². The first-order chi connectivity index (χ1) is 14.4. The number of aryl methyl sites for hydroxylation is 3. The Balaban J connectivity index is 1.41. The minimum absolute atomic E-state index is 0.0251. The molecule has 0 spiro atoms. The van der Waals surface area contributed by atoms with Crippen molar-refractivity contribution >= 4 is 33.1 Å². The van der Waals surface area contributed by atoms with E-state index in [9.17, 15) is 4.79 Å². The highest BCUT2D eigenvalue weighted by Crippen LogP contribution is 2.31. The molecule has 1 aromatic heterocycles. The van der Waals surface area contributed by atoms with E-state index in [1.165, 1.54) is 10.3 Å². The molecule has 0 saturated carbocycles. The molecule has 0 atom stereocenters. The van der Waals surface area contributed by atoms with Crippen LogP contribution >= 0.6 is 11.3 Å². The number of ether oxygens (including phenoxy) is 1. The molecular weight excluding hydrogens is 392 g/mol. The summed E-state index contributed by atoms with van der Waals surface area (Å²) >= 11 is 1.68. The summed E-state index contributed by atoms with van der Waals surface area (Å²) in [5.74, 6) is 0.570. The molecule has 3 aromatic carbocycles. The van der Waals surface area contributed by atoms with Gasteiger partial charge >= 0.3 is 0 Å². The third kappa shape index (κ3) is 4.36. The molecule has 1 amide bonds. The van der Waals surface area contributed by atoms with Crippen LogP contribution in [0.4, 0.5) is 5.69 Å². The summed E-state index contributed by atoms with van der Waals surface area (Å²) in [6.07, 6.45) is 0. The number of rotatable bonds is 5. The molecule has 0 aliphatic carbocycles. The third-order valence-corrected chi connectivity index (χ3v) is 6.15. The third-order valence-electron chi connectivity index (χ3n) is 5.08. The average Bonchev–Trinajstić information content (AvgIpc) is 3.13. The molecule has 0 saturated heterocycles. The van der Waals surface area contributed by atoms with E-state index in [0.29, 0.717) is 0 Å². The van der Waals surface area contributed by atoms with Gasteiger partial charge in [-0.1, -0.05) is 12.1 Å². The Morgan fingerprint density at radius 1 is 0.967 bits per heavy atom. The lowest BCUT2D eigenvalue weighted by Gasteiger charge is -2.12. The highest BCUT2D eigenvalue weighted by atomic mass is 32.1. The maximum atomic E-state index is 12.3. The van der Waals surface area contributed by atoms with E-state index in [4.69, 9.17) is 9.72 Å². The first kappa shape index (κ1) is 20.1. The number of hydrogen-bond donors (Lipinski definition) is 1. The molecule has 4 rings (SSSR count). The quantitative estimate of drug-likeness (QED) is 0.420. The number of nitrogens with zero attached hydrogens (tertiary/aromatic N) is 1. The topological polar surface area (TPSA) is 51.2 Å². The van der Waals surface area contributed by atoms with Crippen LogP contribution in [-0.4, -0.2) is 17.5 Å². The fourth-order valence-electron chi connectivity index (χ4n) is 3.34. The highest BCUT2D eigenvalue weighted by molar-refractivity contribution is 7.21. The summed E-state index contributed by atoms with van der Waals surface area (Å²) in [5.41, 5.74) is 7.35. The fraction of sp³-hybridized carbons (Fsp3) is 0.200. The summed E-state index contributed by atoms with van der Waals surface area (Å²) < 4.78 is 6.93. The zero-order chi connectivity index (χ0) is 21.3. The number of anilines is 1. The highest BCUT2D eigenvalue weighted by Gasteiger charge is 2.10. The smallest absolute Gasteiger partial charge is 0.262 e. The Morgan fingerprint density at radius 2 is 1.73 bits per heavy atom. The van der Waals surface area contributed by atoms with Crippen LogP contribution < -0.4 is 10.1 Å². The molecule has 0 aliphatic rings. The van der Waals surface area contributed by atoms with Gasteiger partial charge in [-0.3, -0.25) is 4.79 Å². The maximum Gasteiger partial charge on any atom is 0.262 e. The zero-order valence-electron chi connectivity index (χ0n) is 17.6. The molecular formula is C25H24N2O2S. The first-order valence-corrected chi connectivity index (χ1v) is 10.7. The van der Waals surface area contributed by atoms with Crippen LogP contribution in [0.15, 0.2) is 54.6 Å². The van der Waals surface area contributed by atoms with E-state index in [-0.39, 0.29) is 12.5 Å². The van der Waals surface area contributed by atoms with Crippen LogP contribution in [0.3, 0.4) is 0 Å². The lowest BCUT2D eigenvalue weighted by molar-refractivity contribution is -0.118. The van der Waals surface area contributed by atoms with Gasteiger partial charge in [0.1, 0.15) is 10.8 Å². The summed E-state index contributed by atoms with van der Waals surface area (Å²) in [4.78, 5) is 17.0. The largest absolute Gasteiger partial charge is 0.483 e. The number of aromatic nitrogens is 1. The van der Waals surface area contributed by atoms with Crippen molar-refractivity contribution in [3.05, 3.63) is 76.9 Å². The van der Waals surface area contributed by atoms with Crippen LogP contribution in [0.2, 0.25) is 0 Å². The van der Waals surface area contributed by atoms with E-state index in [2.05, 4.69) is 36.5 Å². The zero-order valence-corrected chi connectivity index (χ0v) is 18.4. The van der Waals surface area contributed by atoms with Gasteiger partial charge in [-0.2, -0.15) is 0 Å². The molecule has 5 heteroatoms. The van der Waals surface area contributed by atoms with Crippen molar-refractivity contribution < 1.29 is 9.53 Å². The predicted molar refractivity (Wildman–Crippen MR) is 125 cm³/mol. The van der Waals surface area contributed by atoms with Crippen LogP contribution in [0, 0.1) is 27.7 Å². The lowest BCUT2D eigenvalue weighted by Crippen LogP contribution is -2.20. The van der Waals surface area contributed by atoms with Crippen LogP contribution in [0.5, 0.6) is 5.75 Å². The Hall–Kier alpha value is -3.18. The Kier molecular flexibility index (Phi) is 5.55. The molecule has 30 heavy (non-hydrogen) atoms. The summed E-state index contributed by atoms with van der Waals surface area (Å²) in [7, 11) is 0. The number of benzene rings is 3. The molecule has 152 valence electrons. The first-order valence-electron chi connectivity index (χ1n) is 9.87. The molecule has 0 unspecified atom stereocenters. The van der Waals surface area contributed by atoms with Crippen molar-refractivity contribution in [2.75, 3.05) is 11.9 Å². The van der Waals surface area contributed by atoms with E-state index in [1.807, 2.05) is 51.1 Å². The maximum absolute atomic E-state index is 12.3. The molecule has 0 aliphatic heterocycles. The van der Waals surface area contributed by atoms with E-state index < -0.39 is 0 Å². The normalized spacial score (nSPS) is 10.9. The van der Waals surface area contributed by atoms with Crippen molar-refractivity contribution in [2.45, 2.75) is 27.7 Å². The molecule has 0 radical (unpaired) electrons. The second-order valence-corrected chi connectivity index (χ2v) is 8.64. The van der Waals surface area contributed by atoms with Gasteiger partial charge in [0.05, 0.1) is 10.2 Å². The minimum Gasteiger partial charge on any atom is -0.483 e. The van der Waals surface area contributed by atoms with Gasteiger partial charge < -0.3 is 10.1 Å². The van der Waals surface area contributed by atoms with Crippen molar-refractivity contribution in [1.82, 2.24) is 4.98 Å². The summed E-state index contributed by atoms with van der Waals surface area (Å²) in [5, 5.41) is 3.87. The second kappa shape index (κ2) is 8.28. The van der Waals surface area contributed by atoms with Crippen molar-refractivity contribution in [2.24, 2.45) is 0 Å². The van der Waals surface area contributed by atoms with Crippen LogP contribution in [-0.2, 0) is 4.79 Å². The second-order valence-electron chi connectivity index (χ2n) is 7.61. The molecule has 4 nitrogen and oxygen atoms in total. The van der Waals surface area contributed by atoms with Gasteiger partial charge in [0.2, 0.25) is 0 Å². The number of thiazole rings is 1. The standard InChI is InChI=1S/C25H24N2O2S/c1-15-5-10-21-23(13-15)30-25(27-21)19-6-8-20(9-7-19)26-24(28)14-29-22-12-16(2)11-17(3)18(22)4/h5-13H,14H2,1-4H3,(H,26,28). The SMILES string of the molecule is Cc1cc(C)c(C)c(OCC(=O)Nc2ccc(-c3nc4ccc(C)cc4s3)cc2)c1. The minimum atomic E-state index is -0.184. The van der Waals surface area contributed by atoms with Crippen molar-refractivity contribution in [1.29, 1.82) is 0 Å². The number of carbonyl (C=O) groups excluding carboxylic acids is 1. The average molecular weight is 417 g/mol.